The molecule has 1 atom stereocenters. The summed E-state index contributed by atoms with van der Waals surface area (Å²) in [4.78, 5) is 26.1. The van der Waals surface area contributed by atoms with Crippen molar-refractivity contribution in [3.63, 3.8) is 0 Å². The molecular formula is C13H13N3O3S. The van der Waals surface area contributed by atoms with Crippen LogP contribution in [0.4, 0.5) is 10.5 Å². The lowest BCUT2D eigenvalue weighted by Gasteiger charge is -2.27. The number of nitrogens with zero attached hydrogens (tertiary/aromatic N) is 3. The molecule has 7 heteroatoms. The van der Waals surface area contributed by atoms with Crippen molar-refractivity contribution in [3.05, 3.63) is 29.8 Å². The van der Waals surface area contributed by atoms with E-state index < -0.39 is 18.0 Å². The molecule has 1 fully saturated rings. The second-order valence-corrected chi connectivity index (χ2v) is 5.29. The van der Waals surface area contributed by atoms with Crippen LogP contribution in [0.3, 0.4) is 0 Å². The highest BCUT2D eigenvalue weighted by Crippen LogP contribution is 2.25. The van der Waals surface area contributed by atoms with Gasteiger partial charge in [-0.25, -0.2) is 9.59 Å². The predicted molar refractivity (Wildman–Crippen MR) is 75.5 cm³/mol. The third-order valence-electron chi connectivity index (χ3n) is 3.09. The highest BCUT2D eigenvalue weighted by Gasteiger charge is 2.36. The summed E-state index contributed by atoms with van der Waals surface area (Å²) < 4.78 is 0. The third kappa shape index (κ3) is 2.56. The first-order valence-electron chi connectivity index (χ1n) is 5.90. The first kappa shape index (κ1) is 14.2. The van der Waals surface area contributed by atoms with E-state index in [9.17, 15) is 9.59 Å². The van der Waals surface area contributed by atoms with Gasteiger partial charge in [-0.15, -0.1) is 11.8 Å². The van der Waals surface area contributed by atoms with Crippen molar-refractivity contribution >= 4 is 29.4 Å². The third-order valence-corrected chi connectivity index (χ3v) is 4.10. The number of nitriles is 1. The zero-order chi connectivity index (χ0) is 14.7. The molecule has 0 radical (unpaired) electrons. The van der Waals surface area contributed by atoms with Gasteiger partial charge in [-0.1, -0.05) is 12.1 Å². The van der Waals surface area contributed by atoms with Crippen LogP contribution in [-0.4, -0.2) is 46.7 Å². The molecule has 6 nitrogen and oxygen atoms in total. The first-order valence-corrected chi connectivity index (χ1v) is 7.05. The highest BCUT2D eigenvalue weighted by atomic mass is 32.2. The molecular weight excluding hydrogens is 278 g/mol. The Balaban J connectivity index is 2.25. The van der Waals surface area contributed by atoms with Gasteiger partial charge in [-0.05, 0) is 12.1 Å². The van der Waals surface area contributed by atoms with Gasteiger partial charge in [0.1, 0.15) is 12.1 Å². The lowest BCUT2D eigenvalue weighted by Crippen LogP contribution is -2.47. The Morgan fingerprint density at radius 1 is 1.50 bits per heavy atom. The normalized spacial score (nSPS) is 17.6. The van der Waals surface area contributed by atoms with Gasteiger partial charge in [-0.2, -0.15) is 5.26 Å². The fourth-order valence-electron chi connectivity index (χ4n) is 1.99. The molecule has 104 valence electrons. The highest BCUT2D eigenvalue weighted by molar-refractivity contribution is 7.99. The summed E-state index contributed by atoms with van der Waals surface area (Å²) in [5.41, 5.74) is 0.850. The van der Waals surface area contributed by atoms with Crippen LogP contribution in [-0.2, 0) is 4.79 Å². The summed E-state index contributed by atoms with van der Waals surface area (Å²) in [6.07, 6.45) is 0. The number of anilines is 1. The van der Waals surface area contributed by atoms with E-state index in [0.29, 0.717) is 22.9 Å². The van der Waals surface area contributed by atoms with E-state index >= 15 is 0 Å². The molecule has 1 aliphatic heterocycles. The molecule has 0 bridgehead atoms. The molecule has 0 aromatic heterocycles. The van der Waals surface area contributed by atoms with Gasteiger partial charge < -0.3 is 10.0 Å². The van der Waals surface area contributed by atoms with Crippen LogP contribution >= 0.6 is 11.8 Å². The van der Waals surface area contributed by atoms with Gasteiger partial charge in [0, 0.05) is 12.8 Å². The summed E-state index contributed by atoms with van der Waals surface area (Å²) >= 11 is 1.40. The summed E-state index contributed by atoms with van der Waals surface area (Å²) in [5, 5.41) is 18.2. The number of hydrogen-bond acceptors (Lipinski definition) is 4. The van der Waals surface area contributed by atoms with Crippen LogP contribution in [0, 0.1) is 11.3 Å². The fourth-order valence-corrected chi connectivity index (χ4v) is 3.13. The van der Waals surface area contributed by atoms with Crippen LogP contribution in [0.2, 0.25) is 0 Å². The summed E-state index contributed by atoms with van der Waals surface area (Å²) in [6.45, 7) is 0. The van der Waals surface area contributed by atoms with Crippen molar-refractivity contribution < 1.29 is 14.7 Å². The van der Waals surface area contributed by atoms with Gasteiger partial charge in [0.2, 0.25) is 0 Å². The Morgan fingerprint density at radius 3 is 2.85 bits per heavy atom. The number of carboxylic acid groups (broad SMARTS) is 1. The number of carbonyl (C=O) groups is 2. The Bertz CT molecular complexity index is 584. The maximum absolute atomic E-state index is 12.4. The Hall–Kier alpha value is -2.20. The zero-order valence-corrected chi connectivity index (χ0v) is 11.6. The molecule has 1 aromatic rings. The lowest BCUT2D eigenvalue weighted by atomic mass is 10.2. The molecule has 2 amide bonds. The number of benzene rings is 1. The van der Waals surface area contributed by atoms with E-state index in [0.717, 1.165) is 0 Å². The minimum atomic E-state index is -1.01. The second-order valence-electron chi connectivity index (χ2n) is 4.29. The molecule has 1 unspecified atom stereocenters. The van der Waals surface area contributed by atoms with Gasteiger partial charge in [0.05, 0.1) is 17.1 Å². The van der Waals surface area contributed by atoms with Crippen LogP contribution < -0.4 is 4.90 Å². The molecule has 0 saturated carbocycles. The van der Waals surface area contributed by atoms with E-state index in [4.69, 9.17) is 10.4 Å². The molecule has 0 spiro atoms. The van der Waals surface area contributed by atoms with Crippen molar-refractivity contribution in [2.24, 2.45) is 0 Å². The summed E-state index contributed by atoms with van der Waals surface area (Å²) in [6, 6.07) is 7.52. The largest absolute Gasteiger partial charge is 0.480 e. The minimum absolute atomic E-state index is 0.342. The molecule has 1 N–H and O–H groups in total. The smallest absolute Gasteiger partial charge is 0.327 e. The predicted octanol–water partition coefficient (Wildman–Crippen LogP) is 1.57. The monoisotopic (exact) mass is 291 g/mol. The average Bonchev–Trinajstić information content (AvgIpc) is 2.95. The number of hydrogen-bond donors (Lipinski definition) is 1. The number of amides is 2. The molecule has 2 rings (SSSR count). The number of thioether (sulfide) groups is 1. The van der Waals surface area contributed by atoms with Crippen LogP contribution in [0.5, 0.6) is 0 Å². The average molecular weight is 291 g/mol. The number of carbonyl (C=O) groups excluding carboxylic acids is 1. The maximum atomic E-state index is 12.4. The number of carboxylic acids is 1. The Labute approximate surface area is 120 Å². The number of urea groups is 1. The minimum Gasteiger partial charge on any atom is -0.480 e. The lowest BCUT2D eigenvalue weighted by molar-refractivity contribution is -0.140. The summed E-state index contributed by atoms with van der Waals surface area (Å²) in [7, 11) is 1.54. The quantitative estimate of drug-likeness (QED) is 0.894. The van der Waals surface area contributed by atoms with Gasteiger partial charge >= 0.3 is 12.0 Å². The standard InChI is InChI=1S/C13H13N3O3S/c1-15(10-5-3-2-4-9(10)6-14)13(19)16-8-20-7-11(16)12(17)18/h2-5,11H,7-8H2,1H3,(H,17,18). The molecule has 1 aromatic carbocycles. The van der Waals surface area contributed by atoms with E-state index in [-0.39, 0.29) is 0 Å². The number of aliphatic carboxylic acids is 1. The zero-order valence-electron chi connectivity index (χ0n) is 10.8. The Kier molecular flexibility index (Phi) is 4.15. The van der Waals surface area contributed by atoms with E-state index in [1.165, 1.54) is 21.6 Å². The van der Waals surface area contributed by atoms with Crippen molar-refractivity contribution in [1.29, 1.82) is 5.26 Å². The number of para-hydroxylation sites is 1. The molecule has 1 saturated heterocycles. The van der Waals surface area contributed by atoms with Crippen LogP contribution in [0.1, 0.15) is 5.56 Å². The maximum Gasteiger partial charge on any atom is 0.327 e. The molecule has 20 heavy (non-hydrogen) atoms. The topological polar surface area (TPSA) is 84.6 Å². The van der Waals surface area contributed by atoms with E-state index in [1.807, 2.05) is 6.07 Å². The SMILES string of the molecule is CN(C(=O)N1CSCC1C(=O)O)c1ccccc1C#N. The second kappa shape index (κ2) is 5.84. The molecule has 1 heterocycles. The van der Waals surface area contributed by atoms with E-state index in [2.05, 4.69) is 0 Å². The Morgan fingerprint density at radius 2 is 2.20 bits per heavy atom. The van der Waals surface area contributed by atoms with E-state index in [1.54, 1.807) is 31.3 Å². The van der Waals surface area contributed by atoms with Gasteiger partial charge in [0.15, 0.2) is 0 Å². The molecule has 1 aliphatic rings. The van der Waals surface area contributed by atoms with Crippen LogP contribution in [0.25, 0.3) is 0 Å². The fraction of sp³-hybridized carbons (Fsp3) is 0.308. The van der Waals surface area contributed by atoms with Crippen molar-refractivity contribution in [3.8, 4) is 6.07 Å². The van der Waals surface area contributed by atoms with Crippen LogP contribution in [0.15, 0.2) is 24.3 Å². The van der Waals surface area contributed by atoms with Gasteiger partial charge in [-0.3, -0.25) is 4.90 Å². The van der Waals surface area contributed by atoms with Gasteiger partial charge in [0.25, 0.3) is 0 Å². The van der Waals surface area contributed by atoms with Crippen molar-refractivity contribution in [1.82, 2.24) is 4.90 Å². The summed E-state index contributed by atoms with van der Waals surface area (Å²) in [5.74, 6) is -0.283. The van der Waals surface area contributed by atoms with Crippen molar-refractivity contribution in [2.45, 2.75) is 6.04 Å². The van der Waals surface area contributed by atoms with Crippen molar-refractivity contribution in [2.75, 3.05) is 23.6 Å². The first-order chi connectivity index (χ1) is 9.56. The molecule has 0 aliphatic carbocycles. The number of rotatable bonds is 2.